The molecule has 2 rings (SSSR count). The predicted octanol–water partition coefficient (Wildman–Crippen LogP) is 1.36. The molecule has 0 radical (unpaired) electrons. The van der Waals surface area contributed by atoms with Gasteiger partial charge in [0.1, 0.15) is 25.2 Å². The lowest BCUT2D eigenvalue weighted by molar-refractivity contribution is 0.172. The Balaban J connectivity index is 2.45. The van der Waals surface area contributed by atoms with Crippen molar-refractivity contribution in [1.29, 1.82) is 0 Å². The van der Waals surface area contributed by atoms with Gasteiger partial charge >= 0.3 is 0 Å². The van der Waals surface area contributed by atoms with Crippen LogP contribution < -0.4 is 9.47 Å². The van der Waals surface area contributed by atoms with E-state index in [1.165, 1.54) is 0 Å². The molecule has 0 spiro atoms. The Morgan fingerprint density at radius 3 is 2.90 bits per heavy atom. The lowest BCUT2D eigenvalue weighted by Gasteiger charge is -2.13. The van der Waals surface area contributed by atoms with E-state index in [9.17, 15) is 0 Å². The van der Waals surface area contributed by atoms with Gasteiger partial charge in [0, 0.05) is 0 Å². The van der Waals surface area contributed by atoms with E-state index < -0.39 is 0 Å². The third-order valence-corrected chi connectivity index (χ3v) is 1.47. The van der Waals surface area contributed by atoms with E-state index in [0.717, 1.165) is 17.3 Å². The number of aryl methyl sites for hydroxylation is 1. The van der Waals surface area contributed by atoms with Crippen molar-refractivity contribution in [2.75, 3.05) is 13.2 Å². The highest BCUT2D eigenvalue weighted by Crippen LogP contribution is 2.34. The van der Waals surface area contributed by atoms with E-state index >= 15 is 0 Å². The second-order valence-electron chi connectivity index (χ2n) is 2.18. The molecule has 1 aliphatic heterocycles. The molecule has 54 valence electrons. The van der Waals surface area contributed by atoms with Crippen molar-refractivity contribution in [1.82, 2.24) is 0 Å². The van der Waals surface area contributed by atoms with Gasteiger partial charge in [-0.3, -0.25) is 0 Å². The van der Waals surface area contributed by atoms with Crippen LogP contribution in [0.25, 0.3) is 0 Å². The fourth-order valence-electron chi connectivity index (χ4n) is 0.990. The van der Waals surface area contributed by atoms with Gasteiger partial charge in [0.2, 0.25) is 5.75 Å². The topological polar surface area (TPSA) is 31.6 Å². The van der Waals surface area contributed by atoms with Crippen LogP contribution in [0.2, 0.25) is 0 Å². The summed E-state index contributed by atoms with van der Waals surface area (Å²) in [5.41, 5.74) is 0. The van der Waals surface area contributed by atoms with E-state index in [1.54, 1.807) is 6.26 Å². The molecule has 0 saturated heterocycles. The van der Waals surface area contributed by atoms with Crippen molar-refractivity contribution in [3.8, 4) is 11.5 Å². The first kappa shape index (κ1) is 5.65. The first-order valence-corrected chi connectivity index (χ1v) is 3.21. The lowest BCUT2D eigenvalue weighted by Crippen LogP contribution is -2.14. The van der Waals surface area contributed by atoms with Gasteiger partial charge in [-0.25, -0.2) is 0 Å². The number of fused-ring (bicyclic) bond motifs is 1. The molecule has 0 bridgehead atoms. The molecule has 0 amide bonds. The SMILES string of the molecule is Cc1occ2c1OCCO2. The molecular formula is C7H8O3. The van der Waals surface area contributed by atoms with Gasteiger partial charge in [0.05, 0.1) is 0 Å². The minimum atomic E-state index is 0.617. The third-order valence-electron chi connectivity index (χ3n) is 1.47. The molecule has 0 atom stereocenters. The van der Waals surface area contributed by atoms with E-state index in [4.69, 9.17) is 13.9 Å². The van der Waals surface area contributed by atoms with Crippen LogP contribution in [-0.4, -0.2) is 13.2 Å². The fourth-order valence-corrected chi connectivity index (χ4v) is 0.990. The molecule has 0 aromatic carbocycles. The first-order valence-electron chi connectivity index (χ1n) is 3.21. The Morgan fingerprint density at radius 1 is 1.30 bits per heavy atom. The summed E-state index contributed by atoms with van der Waals surface area (Å²) in [5.74, 6) is 2.27. The molecule has 3 heteroatoms. The largest absolute Gasteiger partial charge is 0.483 e. The molecule has 3 nitrogen and oxygen atoms in total. The van der Waals surface area contributed by atoms with Crippen LogP contribution in [0.1, 0.15) is 5.76 Å². The van der Waals surface area contributed by atoms with Crippen LogP contribution >= 0.6 is 0 Å². The number of furan rings is 1. The molecular weight excluding hydrogens is 132 g/mol. The van der Waals surface area contributed by atoms with Crippen LogP contribution in [-0.2, 0) is 0 Å². The van der Waals surface area contributed by atoms with Gasteiger partial charge in [-0.05, 0) is 6.92 Å². The smallest absolute Gasteiger partial charge is 0.202 e. The maximum atomic E-state index is 5.28. The zero-order valence-corrected chi connectivity index (χ0v) is 5.72. The molecule has 0 unspecified atom stereocenters. The van der Waals surface area contributed by atoms with E-state index in [-0.39, 0.29) is 0 Å². The molecule has 0 aliphatic carbocycles. The predicted molar refractivity (Wildman–Crippen MR) is 34.4 cm³/mol. The molecule has 0 saturated carbocycles. The zero-order chi connectivity index (χ0) is 6.97. The number of ether oxygens (including phenoxy) is 2. The molecule has 0 fully saturated rings. The van der Waals surface area contributed by atoms with Gasteiger partial charge < -0.3 is 13.9 Å². The van der Waals surface area contributed by atoms with Crippen molar-refractivity contribution < 1.29 is 13.9 Å². The third kappa shape index (κ3) is 0.667. The minimum Gasteiger partial charge on any atom is -0.483 e. The number of hydrogen-bond donors (Lipinski definition) is 0. The van der Waals surface area contributed by atoms with E-state index in [2.05, 4.69) is 0 Å². The summed E-state index contributed by atoms with van der Waals surface area (Å²) in [6.45, 7) is 3.09. The van der Waals surface area contributed by atoms with Crippen LogP contribution in [0, 0.1) is 6.92 Å². The summed E-state index contributed by atoms with van der Waals surface area (Å²) in [7, 11) is 0. The highest BCUT2D eigenvalue weighted by Gasteiger charge is 2.16. The second kappa shape index (κ2) is 1.94. The maximum absolute atomic E-state index is 5.28. The molecule has 10 heavy (non-hydrogen) atoms. The van der Waals surface area contributed by atoms with E-state index in [0.29, 0.717) is 13.2 Å². The number of rotatable bonds is 0. The average molecular weight is 140 g/mol. The zero-order valence-electron chi connectivity index (χ0n) is 5.72. The molecule has 1 aromatic heterocycles. The fraction of sp³-hybridized carbons (Fsp3) is 0.429. The molecule has 1 aliphatic rings. The Morgan fingerprint density at radius 2 is 2.10 bits per heavy atom. The van der Waals surface area contributed by atoms with Crippen molar-refractivity contribution in [3.63, 3.8) is 0 Å². The van der Waals surface area contributed by atoms with E-state index in [1.807, 2.05) is 6.92 Å². The lowest BCUT2D eigenvalue weighted by atomic mass is 10.4. The normalized spacial score (nSPS) is 15.3. The Bertz CT molecular complexity index is 239. The highest BCUT2D eigenvalue weighted by molar-refractivity contribution is 5.41. The van der Waals surface area contributed by atoms with Crippen molar-refractivity contribution >= 4 is 0 Å². The Kier molecular flexibility index (Phi) is 1.09. The summed E-state index contributed by atoms with van der Waals surface area (Å²) in [6.07, 6.45) is 1.57. The molecule has 1 aromatic rings. The van der Waals surface area contributed by atoms with Gasteiger partial charge in [-0.2, -0.15) is 0 Å². The van der Waals surface area contributed by atoms with Gasteiger partial charge in [-0.15, -0.1) is 0 Å². The van der Waals surface area contributed by atoms with Crippen LogP contribution in [0.4, 0.5) is 0 Å². The standard InChI is InChI=1S/C7H8O3/c1-5-7-6(4-10-5)8-2-3-9-7/h4H,2-3H2,1H3. The quantitative estimate of drug-likeness (QED) is 0.545. The van der Waals surface area contributed by atoms with Crippen molar-refractivity contribution in [3.05, 3.63) is 12.0 Å². The first-order chi connectivity index (χ1) is 4.88. The summed E-state index contributed by atoms with van der Waals surface area (Å²) in [4.78, 5) is 0. The van der Waals surface area contributed by atoms with Crippen LogP contribution in [0.15, 0.2) is 10.7 Å². The summed E-state index contributed by atoms with van der Waals surface area (Å²) < 4.78 is 15.6. The van der Waals surface area contributed by atoms with Gasteiger partial charge in [-0.1, -0.05) is 0 Å². The summed E-state index contributed by atoms with van der Waals surface area (Å²) in [5, 5.41) is 0. The maximum Gasteiger partial charge on any atom is 0.202 e. The average Bonchev–Trinajstić information content (AvgIpc) is 2.34. The van der Waals surface area contributed by atoms with Crippen LogP contribution in [0.5, 0.6) is 11.5 Å². The minimum absolute atomic E-state index is 0.617. The molecule has 0 N–H and O–H groups in total. The second-order valence-corrected chi connectivity index (χ2v) is 2.18. The Hall–Kier alpha value is -1.12. The molecule has 2 heterocycles. The summed E-state index contributed by atoms with van der Waals surface area (Å²) in [6, 6.07) is 0. The van der Waals surface area contributed by atoms with Gasteiger partial charge in [0.25, 0.3) is 0 Å². The van der Waals surface area contributed by atoms with Gasteiger partial charge in [0.15, 0.2) is 5.75 Å². The monoisotopic (exact) mass is 140 g/mol. The Labute approximate surface area is 58.5 Å². The highest BCUT2D eigenvalue weighted by atomic mass is 16.6. The van der Waals surface area contributed by atoms with Crippen LogP contribution in [0.3, 0.4) is 0 Å². The van der Waals surface area contributed by atoms with Crippen molar-refractivity contribution in [2.24, 2.45) is 0 Å². The van der Waals surface area contributed by atoms with Crippen molar-refractivity contribution in [2.45, 2.75) is 6.92 Å². The summed E-state index contributed by atoms with van der Waals surface area (Å²) >= 11 is 0. The number of hydrogen-bond acceptors (Lipinski definition) is 3.